The molecular formula is C20H24N6O3. The molecule has 1 aromatic carbocycles. The van der Waals surface area contributed by atoms with Crippen molar-refractivity contribution in [3.8, 4) is 11.5 Å². The minimum Gasteiger partial charge on any atom is -0.454 e. The molecule has 2 aliphatic rings. The molecule has 0 spiro atoms. The molecule has 2 aromatic heterocycles. The van der Waals surface area contributed by atoms with Crippen molar-refractivity contribution in [2.24, 2.45) is 5.92 Å². The van der Waals surface area contributed by atoms with Crippen molar-refractivity contribution < 1.29 is 14.3 Å². The summed E-state index contributed by atoms with van der Waals surface area (Å²) in [4.78, 5) is 17.1. The van der Waals surface area contributed by atoms with Crippen LogP contribution in [0, 0.1) is 5.92 Å². The summed E-state index contributed by atoms with van der Waals surface area (Å²) in [6.45, 7) is 2.18. The Hall–Kier alpha value is -2.94. The van der Waals surface area contributed by atoms with Gasteiger partial charge in [0.1, 0.15) is 0 Å². The van der Waals surface area contributed by atoms with E-state index in [2.05, 4.69) is 26.5 Å². The van der Waals surface area contributed by atoms with E-state index in [0.717, 1.165) is 42.3 Å². The largest absolute Gasteiger partial charge is 0.454 e. The number of fused-ring (bicyclic) bond motifs is 4. The molecule has 3 aromatic rings. The number of pyridine rings is 1. The van der Waals surface area contributed by atoms with E-state index in [1.807, 2.05) is 31.1 Å². The molecule has 3 heterocycles. The molecule has 152 valence electrons. The maximum Gasteiger partial charge on any atom is 0.231 e. The lowest BCUT2D eigenvalue weighted by atomic mass is 9.84. The fraction of sp³-hybridized carbons (Fsp3) is 0.500. The number of nitrogens with zero attached hydrogens (tertiary/aromatic N) is 6. The minimum absolute atomic E-state index is 0.151. The number of rotatable bonds is 6. The Kier molecular flexibility index (Phi) is 4.46. The summed E-state index contributed by atoms with van der Waals surface area (Å²) >= 11 is 0. The number of ether oxygens (including phenoxy) is 2. The van der Waals surface area contributed by atoms with E-state index in [1.54, 1.807) is 4.52 Å². The van der Waals surface area contributed by atoms with Gasteiger partial charge in [-0.05, 0) is 49.5 Å². The minimum atomic E-state index is 0.151. The molecule has 1 amide bonds. The van der Waals surface area contributed by atoms with Gasteiger partial charge in [-0.1, -0.05) is 6.42 Å². The lowest BCUT2D eigenvalue weighted by Crippen LogP contribution is -2.41. The standard InChI is InChI=1S/C20H24N6O3/c1-24(2)6-7-25(20(27)13-4-3-5-13)11-15-8-14-9-17-18(29-12-28-17)10-16(14)26-19(15)21-22-23-26/h8-10,13H,3-7,11-12H2,1-2H3. The fourth-order valence-electron chi connectivity index (χ4n) is 3.87. The summed E-state index contributed by atoms with van der Waals surface area (Å²) in [5.41, 5.74) is 2.43. The molecule has 0 N–H and O–H groups in total. The Balaban J connectivity index is 1.53. The highest BCUT2D eigenvalue weighted by Crippen LogP contribution is 2.37. The van der Waals surface area contributed by atoms with E-state index in [9.17, 15) is 4.79 Å². The Labute approximate surface area is 168 Å². The number of tetrazole rings is 1. The average Bonchev–Trinajstić information content (AvgIpc) is 3.30. The van der Waals surface area contributed by atoms with Gasteiger partial charge < -0.3 is 19.3 Å². The highest BCUT2D eigenvalue weighted by molar-refractivity contribution is 5.87. The molecule has 0 unspecified atom stereocenters. The zero-order chi connectivity index (χ0) is 20.0. The number of carbonyl (C=O) groups excluding carboxylic acids is 1. The van der Waals surface area contributed by atoms with Gasteiger partial charge in [0.2, 0.25) is 12.7 Å². The predicted molar refractivity (Wildman–Crippen MR) is 106 cm³/mol. The van der Waals surface area contributed by atoms with Crippen LogP contribution >= 0.6 is 0 Å². The third kappa shape index (κ3) is 3.25. The average molecular weight is 396 g/mol. The summed E-state index contributed by atoms with van der Waals surface area (Å²) in [5, 5.41) is 13.2. The number of hydrogen-bond donors (Lipinski definition) is 0. The van der Waals surface area contributed by atoms with Crippen molar-refractivity contribution in [1.82, 2.24) is 29.8 Å². The zero-order valence-corrected chi connectivity index (χ0v) is 16.7. The first-order chi connectivity index (χ1) is 14.1. The van der Waals surface area contributed by atoms with Crippen molar-refractivity contribution in [3.63, 3.8) is 0 Å². The normalized spacial score (nSPS) is 16.0. The highest BCUT2D eigenvalue weighted by Gasteiger charge is 2.30. The second-order valence-corrected chi connectivity index (χ2v) is 8.04. The molecule has 0 atom stereocenters. The number of carbonyl (C=O) groups is 1. The van der Waals surface area contributed by atoms with Crippen LogP contribution in [0.1, 0.15) is 24.8 Å². The van der Waals surface area contributed by atoms with Crippen LogP contribution in [0.2, 0.25) is 0 Å². The van der Waals surface area contributed by atoms with Crippen LogP contribution in [0.15, 0.2) is 18.2 Å². The van der Waals surface area contributed by atoms with Crippen LogP contribution in [0.25, 0.3) is 16.6 Å². The Bertz CT molecular complexity index is 1070. The van der Waals surface area contributed by atoms with Crippen LogP contribution in [0.4, 0.5) is 0 Å². The maximum atomic E-state index is 13.0. The lowest BCUT2D eigenvalue weighted by molar-refractivity contribution is -0.139. The smallest absolute Gasteiger partial charge is 0.231 e. The van der Waals surface area contributed by atoms with E-state index < -0.39 is 0 Å². The van der Waals surface area contributed by atoms with Crippen molar-refractivity contribution in [3.05, 3.63) is 23.8 Å². The monoisotopic (exact) mass is 396 g/mol. The van der Waals surface area contributed by atoms with Crippen LogP contribution in [-0.2, 0) is 11.3 Å². The third-order valence-corrected chi connectivity index (χ3v) is 5.78. The molecule has 0 radical (unpaired) electrons. The van der Waals surface area contributed by atoms with Crippen LogP contribution in [0.5, 0.6) is 11.5 Å². The topological polar surface area (TPSA) is 85.1 Å². The highest BCUT2D eigenvalue weighted by atomic mass is 16.7. The SMILES string of the molecule is CN(C)CCN(Cc1cc2cc3c(cc2n2nnnc12)OCO3)C(=O)C1CCC1. The summed E-state index contributed by atoms with van der Waals surface area (Å²) in [6, 6.07) is 5.90. The third-order valence-electron chi connectivity index (χ3n) is 5.78. The van der Waals surface area contributed by atoms with E-state index >= 15 is 0 Å². The van der Waals surface area contributed by atoms with Crippen LogP contribution in [0.3, 0.4) is 0 Å². The van der Waals surface area contributed by atoms with Gasteiger partial charge in [-0.25, -0.2) is 0 Å². The number of aromatic nitrogens is 4. The quantitative estimate of drug-likeness (QED) is 0.627. The molecule has 1 saturated carbocycles. The second kappa shape index (κ2) is 7.14. The van der Waals surface area contributed by atoms with Gasteiger partial charge in [-0.2, -0.15) is 4.52 Å². The summed E-state index contributed by atoms with van der Waals surface area (Å²) in [5.74, 6) is 1.79. The molecule has 0 bridgehead atoms. The van der Waals surface area contributed by atoms with Gasteiger partial charge in [0.25, 0.3) is 0 Å². The second-order valence-electron chi connectivity index (χ2n) is 8.04. The molecule has 0 saturated heterocycles. The molecule has 5 rings (SSSR count). The van der Waals surface area contributed by atoms with E-state index in [4.69, 9.17) is 9.47 Å². The Morgan fingerprint density at radius 1 is 1.17 bits per heavy atom. The first-order valence-electron chi connectivity index (χ1n) is 9.97. The van der Waals surface area contributed by atoms with E-state index in [-0.39, 0.29) is 18.6 Å². The number of hydrogen-bond acceptors (Lipinski definition) is 7. The molecule has 1 aliphatic carbocycles. The summed E-state index contributed by atoms with van der Waals surface area (Å²) < 4.78 is 12.7. The molecule has 1 aliphatic heterocycles. The van der Waals surface area contributed by atoms with Gasteiger partial charge in [-0.3, -0.25) is 4.79 Å². The molecule has 9 nitrogen and oxygen atoms in total. The van der Waals surface area contributed by atoms with Gasteiger partial charge in [0.15, 0.2) is 17.1 Å². The van der Waals surface area contributed by atoms with Crippen LogP contribution < -0.4 is 9.47 Å². The predicted octanol–water partition coefficient (Wildman–Crippen LogP) is 1.70. The molecular weight excluding hydrogens is 372 g/mol. The van der Waals surface area contributed by atoms with E-state index in [1.165, 1.54) is 0 Å². The van der Waals surface area contributed by atoms with Gasteiger partial charge in [0, 0.05) is 42.6 Å². The number of benzene rings is 1. The molecule has 1 fully saturated rings. The first-order valence-corrected chi connectivity index (χ1v) is 9.97. The summed E-state index contributed by atoms with van der Waals surface area (Å²) in [7, 11) is 4.04. The van der Waals surface area contributed by atoms with E-state index in [0.29, 0.717) is 30.2 Å². The van der Waals surface area contributed by atoms with Gasteiger partial charge in [-0.15, -0.1) is 5.10 Å². The number of likely N-dealkylation sites (N-methyl/N-ethyl adjacent to an activating group) is 1. The molecule has 29 heavy (non-hydrogen) atoms. The maximum absolute atomic E-state index is 13.0. The van der Waals surface area contributed by atoms with Crippen molar-refractivity contribution in [2.45, 2.75) is 25.8 Å². The van der Waals surface area contributed by atoms with Crippen molar-refractivity contribution in [1.29, 1.82) is 0 Å². The lowest BCUT2D eigenvalue weighted by Gasteiger charge is -2.32. The zero-order valence-electron chi connectivity index (χ0n) is 16.7. The Morgan fingerprint density at radius 3 is 2.69 bits per heavy atom. The van der Waals surface area contributed by atoms with Gasteiger partial charge >= 0.3 is 0 Å². The molecule has 9 heteroatoms. The Morgan fingerprint density at radius 2 is 1.97 bits per heavy atom. The van der Waals surface area contributed by atoms with Crippen LogP contribution in [-0.4, -0.2) is 69.7 Å². The summed E-state index contributed by atoms with van der Waals surface area (Å²) in [6.07, 6.45) is 3.11. The van der Waals surface area contributed by atoms with Crippen molar-refractivity contribution in [2.75, 3.05) is 34.0 Å². The number of amides is 1. The van der Waals surface area contributed by atoms with Gasteiger partial charge in [0.05, 0.1) is 5.52 Å². The van der Waals surface area contributed by atoms with Crippen molar-refractivity contribution >= 4 is 22.5 Å². The fourth-order valence-corrected chi connectivity index (χ4v) is 3.87. The first kappa shape index (κ1) is 18.1.